The highest BCUT2D eigenvalue weighted by Crippen LogP contribution is 2.26. The second kappa shape index (κ2) is 5.38. The molecule has 0 aromatic heterocycles. The van der Waals surface area contributed by atoms with E-state index in [1.165, 1.54) is 0 Å². The number of nitrogens with one attached hydrogen (secondary N) is 2. The molecule has 1 heterocycles. The molecular weight excluding hydrogens is 304 g/mol. The summed E-state index contributed by atoms with van der Waals surface area (Å²) in [5, 5.41) is 6.94. The number of carbonyl (C=O) groups excluding carboxylic acids is 1. The lowest BCUT2D eigenvalue weighted by molar-refractivity contribution is -0.119. The quantitative estimate of drug-likeness (QED) is 0.900. The van der Waals surface area contributed by atoms with Crippen LogP contribution in [0.15, 0.2) is 22.7 Å². The highest BCUT2D eigenvalue weighted by molar-refractivity contribution is 9.10. The second-order valence-corrected chi connectivity index (χ2v) is 5.58. The van der Waals surface area contributed by atoms with E-state index in [9.17, 15) is 4.79 Å². The second-order valence-electron chi connectivity index (χ2n) is 4.26. The molecule has 1 aromatic carbocycles. The van der Waals surface area contributed by atoms with Gasteiger partial charge in [-0.25, -0.2) is 0 Å². The number of benzene rings is 1. The van der Waals surface area contributed by atoms with Gasteiger partial charge < -0.3 is 10.6 Å². The van der Waals surface area contributed by atoms with Crippen LogP contribution in [0.4, 0.5) is 0 Å². The Hall–Kier alpha value is -0.580. The van der Waals surface area contributed by atoms with E-state index in [4.69, 9.17) is 11.6 Å². The van der Waals surface area contributed by atoms with Crippen molar-refractivity contribution in [2.75, 3.05) is 6.54 Å². The highest BCUT2D eigenvalue weighted by atomic mass is 79.9. The molecule has 17 heavy (non-hydrogen) atoms. The molecule has 0 bridgehead atoms. The Morgan fingerprint density at radius 3 is 2.94 bits per heavy atom. The van der Waals surface area contributed by atoms with Gasteiger partial charge in [0.1, 0.15) is 0 Å². The molecule has 1 saturated heterocycles. The monoisotopic (exact) mass is 316 g/mol. The van der Waals surface area contributed by atoms with Gasteiger partial charge in [0, 0.05) is 34.5 Å². The molecule has 1 amide bonds. The summed E-state index contributed by atoms with van der Waals surface area (Å²) in [5.41, 5.74) is 1.05. The van der Waals surface area contributed by atoms with E-state index < -0.39 is 0 Å². The Bertz CT molecular complexity index is 439. The normalized spacial score (nSPS) is 21.4. The summed E-state index contributed by atoms with van der Waals surface area (Å²) >= 11 is 9.57. The zero-order chi connectivity index (χ0) is 12.4. The maximum absolute atomic E-state index is 11.1. The molecule has 2 unspecified atom stereocenters. The molecule has 0 spiro atoms. The minimum Gasteiger partial charge on any atom is -0.354 e. The van der Waals surface area contributed by atoms with Crippen LogP contribution in [-0.4, -0.2) is 18.5 Å². The van der Waals surface area contributed by atoms with Crippen molar-refractivity contribution in [3.05, 3.63) is 33.3 Å². The summed E-state index contributed by atoms with van der Waals surface area (Å²) in [6.45, 7) is 2.75. The van der Waals surface area contributed by atoms with Crippen molar-refractivity contribution in [1.29, 1.82) is 0 Å². The van der Waals surface area contributed by atoms with E-state index in [1.807, 2.05) is 18.2 Å². The highest BCUT2D eigenvalue weighted by Gasteiger charge is 2.23. The van der Waals surface area contributed by atoms with Crippen LogP contribution < -0.4 is 10.6 Å². The molecular formula is C12H14BrClN2O. The van der Waals surface area contributed by atoms with Gasteiger partial charge in [-0.2, -0.15) is 0 Å². The molecule has 1 aliphatic rings. The number of halogens is 2. The van der Waals surface area contributed by atoms with Crippen LogP contribution in [0, 0.1) is 0 Å². The first-order chi connectivity index (χ1) is 8.06. The first-order valence-corrected chi connectivity index (χ1v) is 6.71. The van der Waals surface area contributed by atoms with E-state index in [1.54, 1.807) is 0 Å². The molecule has 2 N–H and O–H groups in total. The molecule has 0 saturated carbocycles. The van der Waals surface area contributed by atoms with Crippen LogP contribution in [0.3, 0.4) is 0 Å². The fraction of sp³-hybridized carbons (Fsp3) is 0.417. The Morgan fingerprint density at radius 2 is 2.35 bits per heavy atom. The molecule has 2 rings (SSSR count). The minimum atomic E-state index is 0.108. The fourth-order valence-electron chi connectivity index (χ4n) is 2.02. The van der Waals surface area contributed by atoms with Crippen molar-refractivity contribution in [3.8, 4) is 0 Å². The van der Waals surface area contributed by atoms with Crippen LogP contribution in [0.2, 0.25) is 5.02 Å². The molecule has 2 atom stereocenters. The molecule has 1 aromatic rings. The standard InChI is InChI=1S/C12H14BrClN2O/c1-7(16-9-5-12(17)15-6-9)10-3-2-8(13)4-11(10)14/h2-4,7,9,16H,5-6H2,1H3,(H,15,17). The number of hydrogen-bond donors (Lipinski definition) is 2. The Kier molecular flexibility index (Phi) is 4.07. The van der Waals surface area contributed by atoms with Gasteiger partial charge in [0.2, 0.25) is 5.91 Å². The van der Waals surface area contributed by atoms with E-state index in [0.29, 0.717) is 13.0 Å². The third kappa shape index (κ3) is 3.21. The summed E-state index contributed by atoms with van der Waals surface area (Å²) < 4.78 is 0.969. The first-order valence-electron chi connectivity index (χ1n) is 5.54. The lowest BCUT2D eigenvalue weighted by atomic mass is 10.1. The van der Waals surface area contributed by atoms with Gasteiger partial charge in [-0.05, 0) is 24.6 Å². The third-order valence-electron chi connectivity index (χ3n) is 2.89. The minimum absolute atomic E-state index is 0.108. The zero-order valence-corrected chi connectivity index (χ0v) is 11.8. The predicted molar refractivity (Wildman–Crippen MR) is 72.1 cm³/mol. The van der Waals surface area contributed by atoms with E-state index in [2.05, 4.69) is 33.5 Å². The van der Waals surface area contributed by atoms with Gasteiger partial charge in [0.15, 0.2) is 0 Å². The third-order valence-corrected chi connectivity index (χ3v) is 3.71. The largest absolute Gasteiger partial charge is 0.354 e. The topological polar surface area (TPSA) is 41.1 Å². The zero-order valence-electron chi connectivity index (χ0n) is 9.47. The van der Waals surface area contributed by atoms with Gasteiger partial charge in [0.05, 0.1) is 0 Å². The van der Waals surface area contributed by atoms with Crippen LogP contribution in [0.1, 0.15) is 24.9 Å². The maximum atomic E-state index is 11.1. The summed E-state index contributed by atoms with van der Waals surface area (Å²) in [6, 6.07) is 6.17. The van der Waals surface area contributed by atoms with Gasteiger partial charge in [-0.1, -0.05) is 33.6 Å². The van der Waals surface area contributed by atoms with E-state index in [-0.39, 0.29) is 18.0 Å². The van der Waals surface area contributed by atoms with Gasteiger partial charge >= 0.3 is 0 Å². The summed E-state index contributed by atoms with van der Waals surface area (Å²) in [4.78, 5) is 11.1. The number of rotatable bonds is 3. The Balaban J connectivity index is 2.04. The van der Waals surface area contributed by atoms with Gasteiger partial charge in [-0.15, -0.1) is 0 Å². The average Bonchev–Trinajstić information content (AvgIpc) is 2.63. The van der Waals surface area contributed by atoms with Crippen LogP contribution >= 0.6 is 27.5 Å². The van der Waals surface area contributed by atoms with E-state index >= 15 is 0 Å². The molecule has 5 heteroatoms. The molecule has 3 nitrogen and oxygen atoms in total. The lowest BCUT2D eigenvalue weighted by Gasteiger charge is -2.19. The van der Waals surface area contributed by atoms with Crippen LogP contribution in [-0.2, 0) is 4.79 Å². The smallest absolute Gasteiger partial charge is 0.221 e. The lowest BCUT2D eigenvalue weighted by Crippen LogP contribution is -2.33. The van der Waals surface area contributed by atoms with Crippen LogP contribution in [0.5, 0.6) is 0 Å². The SMILES string of the molecule is CC(NC1CNC(=O)C1)c1ccc(Br)cc1Cl. The van der Waals surface area contributed by atoms with Crippen molar-refractivity contribution < 1.29 is 4.79 Å². The maximum Gasteiger partial charge on any atom is 0.221 e. The van der Waals surface area contributed by atoms with Crippen molar-refractivity contribution in [3.63, 3.8) is 0 Å². The summed E-state index contributed by atoms with van der Waals surface area (Å²) in [6.07, 6.45) is 0.540. The molecule has 0 aliphatic carbocycles. The van der Waals surface area contributed by atoms with Crippen molar-refractivity contribution in [2.24, 2.45) is 0 Å². The average molecular weight is 318 g/mol. The Morgan fingerprint density at radius 1 is 1.59 bits per heavy atom. The summed E-state index contributed by atoms with van der Waals surface area (Å²) in [7, 11) is 0. The van der Waals surface area contributed by atoms with Crippen molar-refractivity contribution >= 4 is 33.4 Å². The van der Waals surface area contributed by atoms with Gasteiger partial charge in [0.25, 0.3) is 0 Å². The predicted octanol–water partition coefficient (Wildman–Crippen LogP) is 2.64. The molecule has 0 radical (unpaired) electrons. The van der Waals surface area contributed by atoms with Gasteiger partial charge in [-0.3, -0.25) is 4.79 Å². The number of amides is 1. The van der Waals surface area contributed by atoms with Crippen molar-refractivity contribution in [1.82, 2.24) is 10.6 Å². The number of hydrogen-bond acceptors (Lipinski definition) is 2. The molecule has 1 aliphatic heterocycles. The Labute approximate surface area is 114 Å². The summed E-state index contributed by atoms with van der Waals surface area (Å²) in [5.74, 6) is 0.108. The van der Waals surface area contributed by atoms with Crippen LogP contribution in [0.25, 0.3) is 0 Å². The molecule has 1 fully saturated rings. The van der Waals surface area contributed by atoms with Crippen molar-refractivity contribution in [2.45, 2.75) is 25.4 Å². The first kappa shape index (κ1) is 12.9. The van der Waals surface area contributed by atoms with E-state index in [0.717, 1.165) is 15.1 Å². The fourth-order valence-corrected chi connectivity index (χ4v) is 2.86. The molecule has 92 valence electrons. The number of carbonyl (C=O) groups is 1.